The highest BCUT2D eigenvalue weighted by Gasteiger charge is 2.14. The van der Waals surface area contributed by atoms with Crippen molar-refractivity contribution in [2.24, 2.45) is 0 Å². The first-order valence-electron chi connectivity index (χ1n) is 5.69. The number of aryl methyl sites for hydroxylation is 2. The molecule has 1 aromatic carbocycles. The molecule has 1 aromatic heterocycles. The molecule has 0 unspecified atom stereocenters. The largest absolute Gasteiger partial charge is 0.477 e. The van der Waals surface area contributed by atoms with Crippen LogP contribution in [-0.2, 0) is 0 Å². The Morgan fingerprint density at radius 1 is 1.16 bits per heavy atom. The van der Waals surface area contributed by atoms with E-state index in [-0.39, 0.29) is 10.8 Å². The summed E-state index contributed by atoms with van der Waals surface area (Å²) < 4.78 is 0. The van der Waals surface area contributed by atoms with Gasteiger partial charge in [-0.25, -0.2) is 4.79 Å². The molecule has 98 valence electrons. The van der Waals surface area contributed by atoms with Crippen LogP contribution < -0.4 is 5.32 Å². The number of carboxylic acids is 1. The molecule has 1 amide bonds. The Morgan fingerprint density at radius 2 is 1.79 bits per heavy atom. The van der Waals surface area contributed by atoms with E-state index >= 15 is 0 Å². The molecule has 0 bridgehead atoms. The molecule has 2 aromatic rings. The zero-order valence-electron chi connectivity index (χ0n) is 10.6. The predicted octanol–water partition coefficient (Wildman–Crippen LogP) is 3.32. The highest BCUT2D eigenvalue weighted by molar-refractivity contribution is 7.18. The quantitative estimate of drug-likeness (QED) is 0.903. The van der Waals surface area contributed by atoms with Crippen LogP contribution in [0.3, 0.4) is 0 Å². The average molecular weight is 275 g/mol. The summed E-state index contributed by atoms with van der Waals surface area (Å²) in [6.45, 7) is 3.66. The van der Waals surface area contributed by atoms with Crippen molar-refractivity contribution in [3.8, 4) is 0 Å². The summed E-state index contributed by atoms with van der Waals surface area (Å²) >= 11 is 1.06. The Labute approximate surface area is 114 Å². The summed E-state index contributed by atoms with van der Waals surface area (Å²) in [5.74, 6) is -1.21. The molecule has 0 fully saturated rings. The van der Waals surface area contributed by atoms with Gasteiger partial charge in [-0.15, -0.1) is 11.3 Å². The van der Waals surface area contributed by atoms with Gasteiger partial charge in [-0.05, 0) is 37.6 Å². The fourth-order valence-corrected chi connectivity index (χ4v) is 2.55. The molecule has 2 rings (SSSR count). The molecule has 0 aliphatic heterocycles. The molecule has 0 radical (unpaired) electrons. The SMILES string of the molecule is Cc1ccc(C(=O)Nc2cc(C)c(C(=O)O)s2)cc1. The monoisotopic (exact) mass is 275 g/mol. The first-order valence-corrected chi connectivity index (χ1v) is 6.51. The van der Waals surface area contributed by atoms with Crippen LogP contribution in [0.2, 0.25) is 0 Å². The Bertz CT molecular complexity index is 629. The molecule has 4 nitrogen and oxygen atoms in total. The van der Waals surface area contributed by atoms with Crippen molar-refractivity contribution in [2.45, 2.75) is 13.8 Å². The summed E-state index contributed by atoms with van der Waals surface area (Å²) in [5, 5.41) is 12.2. The highest BCUT2D eigenvalue weighted by Crippen LogP contribution is 2.26. The molecular formula is C14H13NO3S. The van der Waals surface area contributed by atoms with E-state index in [9.17, 15) is 9.59 Å². The first kappa shape index (κ1) is 13.3. The molecule has 1 heterocycles. The fourth-order valence-electron chi connectivity index (χ4n) is 1.65. The molecule has 0 saturated heterocycles. The minimum Gasteiger partial charge on any atom is -0.477 e. The van der Waals surface area contributed by atoms with Gasteiger partial charge in [0, 0.05) is 5.56 Å². The number of rotatable bonds is 3. The van der Waals surface area contributed by atoms with E-state index < -0.39 is 5.97 Å². The van der Waals surface area contributed by atoms with Crippen molar-refractivity contribution in [1.82, 2.24) is 0 Å². The summed E-state index contributed by atoms with van der Waals surface area (Å²) in [7, 11) is 0. The van der Waals surface area contributed by atoms with E-state index in [4.69, 9.17) is 5.11 Å². The first-order chi connectivity index (χ1) is 8.97. The maximum absolute atomic E-state index is 12.0. The molecule has 0 spiro atoms. The Balaban J connectivity index is 2.17. The number of carbonyl (C=O) groups is 2. The molecule has 19 heavy (non-hydrogen) atoms. The number of benzene rings is 1. The number of amides is 1. The van der Waals surface area contributed by atoms with Gasteiger partial charge in [0.1, 0.15) is 4.88 Å². The van der Waals surface area contributed by atoms with Gasteiger partial charge in [-0.2, -0.15) is 0 Å². The molecule has 0 atom stereocenters. The topological polar surface area (TPSA) is 66.4 Å². The lowest BCUT2D eigenvalue weighted by Crippen LogP contribution is -2.10. The molecule has 0 aliphatic carbocycles. The van der Waals surface area contributed by atoms with Crippen LogP contribution in [0.15, 0.2) is 30.3 Å². The van der Waals surface area contributed by atoms with Crippen molar-refractivity contribution in [3.63, 3.8) is 0 Å². The van der Waals surface area contributed by atoms with Gasteiger partial charge in [0.25, 0.3) is 5.91 Å². The summed E-state index contributed by atoms with van der Waals surface area (Å²) in [6, 6.07) is 8.86. The fraction of sp³-hybridized carbons (Fsp3) is 0.143. The third-order valence-electron chi connectivity index (χ3n) is 2.66. The van der Waals surface area contributed by atoms with Crippen molar-refractivity contribution in [3.05, 3.63) is 51.9 Å². The molecule has 0 saturated carbocycles. The Morgan fingerprint density at radius 3 is 2.32 bits per heavy atom. The molecule has 0 aliphatic rings. The average Bonchev–Trinajstić information content (AvgIpc) is 2.71. The number of hydrogen-bond acceptors (Lipinski definition) is 3. The number of thiophene rings is 1. The zero-order valence-corrected chi connectivity index (χ0v) is 11.4. The molecule has 2 N–H and O–H groups in total. The number of aromatic carboxylic acids is 1. The van der Waals surface area contributed by atoms with Gasteiger partial charge in [-0.1, -0.05) is 17.7 Å². The number of carboxylic acid groups (broad SMARTS) is 1. The van der Waals surface area contributed by atoms with Gasteiger partial charge in [0.2, 0.25) is 0 Å². The van der Waals surface area contributed by atoms with Crippen LogP contribution in [0.25, 0.3) is 0 Å². The third kappa shape index (κ3) is 3.00. The van der Waals surface area contributed by atoms with E-state index in [1.807, 2.05) is 19.1 Å². The summed E-state index contributed by atoms with van der Waals surface area (Å²) in [5.41, 5.74) is 2.28. The second-order valence-electron chi connectivity index (χ2n) is 4.25. The van der Waals surface area contributed by atoms with E-state index in [1.165, 1.54) is 0 Å². The van der Waals surface area contributed by atoms with Crippen molar-refractivity contribution in [1.29, 1.82) is 0 Å². The third-order valence-corrected chi connectivity index (χ3v) is 3.80. The lowest BCUT2D eigenvalue weighted by atomic mass is 10.1. The van der Waals surface area contributed by atoms with Gasteiger partial charge < -0.3 is 10.4 Å². The normalized spacial score (nSPS) is 10.2. The van der Waals surface area contributed by atoms with Crippen LogP contribution in [0.5, 0.6) is 0 Å². The molecule has 5 heteroatoms. The van der Waals surface area contributed by atoms with E-state index in [0.29, 0.717) is 16.1 Å². The standard InChI is InChI=1S/C14H13NO3S/c1-8-3-5-10(6-4-8)13(16)15-11-7-9(2)12(19-11)14(17)18/h3-7H,1-2H3,(H,15,16)(H,17,18). The van der Waals surface area contributed by atoms with Crippen LogP contribution >= 0.6 is 11.3 Å². The van der Waals surface area contributed by atoms with Gasteiger partial charge >= 0.3 is 5.97 Å². The highest BCUT2D eigenvalue weighted by atomic mass is 32.1. The van der Waals surface area contributed by atoms with Crippen LogP contribution in [-0.4, -0.2) is 17.0 Å². The van der Waals surface area contributed by atoms with Crippen molar-refractivity contribution in [2.75, 3.05) is 5.32 Å². The molecular weight excluding hydrogens is 262 g/mol. The lowest BCUT2D eigenvalue weighted by Gasteiger charge is -2.02. The second kappa shape index (κ2) is 5.24. The predicted molar refractivity (Wildman–Crippen MR) is 75.1 cm³/mol. The number of nitrogens with one attached hydrogen (secondary N) is 1. The summed E-state index contributed by atoms with van der Waals surface area (Å²) in [4.78, 5) is 23.1. The van der Waals surface area contributed by atoms with E-state index in [1.54, 1.807) is 25.1 Å². The number of hydrogen-bond donors (Lipinski definition) is 2. The minimum atomic E-state index is -0.974. The number of carbonyl (C=O) groups excluding carboxylic acids is 1. The Kier molecular flexibility index (Phi) is 3.66. The van der Waals surface area contributed by atoms with Crippen LogP contribution in [0.1, 0.15) is 31.2 Å². The maximum atomic E-state index is 12.0. The minimum absolute atomic E-state index is 0.238. The van der Waals surface area contributed by atoms with Crippen LogP contribution in [0, 0.1) is 13.8 Å². The van der Waals surface area contributed by atoms with E-state index in [2.05, 4.69) is 5.32 Å². The van der Waals surface area contributed by atoms with Gasteiger partial charge in [-0.3, -0.25) is 4.79 Å². The van der Waals surface area contributed by atoms with Crippen molar-refractivity contribution < 1.29 is 14.7 Å². The zero-order chi connectivity index (χ0) is 14.0. The maximum Gasteiger partial charge on any atom is 0.346 e. The second-order valence-corrected chi connectivity index (χ2v) is 5.30. The lowest BCUT2D eigenvalue weighted by molar-refractivity contribution is 0.0701. The van der Waals surface area contributed by atoms with Crippen LogP contribution in [0.4, 0.5) is 5.00 Å². The smallest absolute Gasteiger partial charge is 0.346 e. The Hall–Kier alpha value is -2.14. The van der Waals surface area contributed by atoms with Crippen molar-refractivity contribution >= 4 is 28.2 Å². The van der Waals surface area contributed by atoms with E-state index in [0.717, 1.165) is 16.9 Å². The summed E-state index contributed by atoms with van der Waals surface area (Å²) in [6.07, 6.45) is 0. The van der Waals surface area contributed by atoms with Gasteiger partial charge in [0.15, 0.2) is 0 Å². The van der Waals surface area contributed by atoms with Gasteiger partial charge in [0.05, 0.1) is 5.00 Å². The number of anilines is 1.